The fraction of sp³-hybridized carbons (Fsp3) is 0.294. The zero-order valence-corrected chi connectivity index (χ0v) is 11.5. The molecule has 0 fully saturated rings. The maximum atomic E-state index is 2.31. The standard InChI is InChI=1S/C17H21N/c1-4-9-15-10-8-13-17(14(15)2)18(3)16-11-6-5-7-12-16/h4,6,8-13H,5,7H2,1-3H3/b9-4-. The predicted octanol–water partition coefficient (Wildman–Crippen LogP) is 4.70. The Morgan fingerprint density at radius 1 is 1.22 bits per heavy atom. The van der Waals surface area contributed by atoms with Crippen LogP contribution in [0.25, 0.3) is 6.08 Å². The molecule has 1 aromatic carbocycles. The van der Waals surface area contributed by atoms with E-state index in [1.54, 1.807) is 0 Å². The molecule has 0 aromatic heterocycles. The van der Waals surface area contributed by atoms with Gasteiger partial charge in [-0.1, -0.05) is 36.4 Å². The lowest BCUT2D eigenvalue weighted by atomic mass is 10.0. The van der Waals surface area contributed by atoms with Gasteiger partial charge in [0, 0.05) is 18.4 Å². The Balaban J connectivity index is 2.36. The molecule has 1 nitrogen and oxygen atoms in total. The van der Waals surface area contributed by atoms with Crippen LogP contribution in [-0.2, 0) is 0 Å². The maximum absolute atomic E-state index is 2.31. The highest BCUT2D eigenvalue weighted by molar-refractivity contribution is 5.67. The van der Waals surface area contributed by atoms with Crippen LogP contribution in [0.5, 0.6) is 0 Å². The van der Waals surface area contributed by atoms with Crippen LogP contribution in [0, 0.1) is 6.92 Å². The summed E-state index contributed by atoms with van der Waals surface area (Å²) in [6, 6.07) is 6.48. The number of hydrogen-bond donors (Lipinski definition) is 0. The van der Waals surface area contributed by atoms with Gasteiger partial charge in [-0.2, -0.15) is 0 Å². The molecule has 1 aromatic rings. The smallest absolute Gasteiger partial charge is 0.0443 e. The third kappa shape index (κ3) is 2.56. The second-order valence-corrected chi connectivity index (χ2v) is 4.66. The third-order valence-electron chi connectivity index (χ3n) is 3.42. The lowest BCUT2D eigenvalue weighted by Crippen LogP contribution is -2.17. The largest absolute Gasteiger partial charge is 0.345 e. The molecule has 94 valence electrons. The summed E-state index contributed by atoms with van der Waals surface area (Å²) in [6.07, 6.45) is 13.3. The van der Waals surface area contributed by atoms with E-state index in [-0.39, 0.29) is 0 Å². The molecule has 1 aliphatic carbocycles. The number of rotatable bonds is 3. The molecule has 0 aliphatic heterocycles. The first-order valence-corrected chi connectivity index (χ1v) is 6.56. The van der Waals surface area contributed by atoms with E-state index in [1.807, 2.05) is 0 Å². The summed E-state index contributed by atoms with van der Waals surface area (Å²) >= 11 is 0. The van der Waals surface area contributed by atoms with Crippen molar-refractivity contribution in [3.8, 4) is 0 Å². The molecule has 0 amide bonds. The van der Waals surface area contributed by atoms with Crippen molar-refractivity contribution in [1.82, 2.24) is 0 Å². The first-order chi connectivity index (χ1) is 8.74. The molecule has 0 saturated carbocycles. The van der Waals surface area contributed by atoms with Crippen LogP contribution < -0.4 is 4.90 Å². The van der Waals surface area contributed by atoms with Crippen LogP contribution in [0.3, 0.4) is 0 Å². The highest BCUT2D eigenvalue weighted by atomic mass is 15.1. The summed E-state index contributed by atoms with van der Waals surface area (Å²) in [7, 11) is 2.14. The Morgan fingerprint density at radius 2 is 2.06 bits per heavy atom. The van der Waals surface area contributed by atoms with E-state index in [2.05, 4.69) is 74.4 Å². The van der Waals surface area contributed by atoms with Crippen LogP contribution in [0.2, 0.25) is 0 Å². The quantitative estimate of drug-likeness (QED) is 0.739. The normalized spacial score (nSPS) is 14.9. The average molecular weight is 239 g/mol. The average Bonchev–Trinajstić information content (AvgIpc) is 2.42. The number of allylic oxidation sites excluding steroid dienone is 4. The van der Waals surface area contributed by atoms with Crippen LogP contribution in [0.1, 0.15) is 30.9 Å². The molecule has 0 spiro atoms. The predicted molar refractivity (Wildman–Crippen MR) is 80.7 cm³/mol. The molecule has 0 radical (unpaired) electrons. The second-order valence-electron chi connectivity index (χ2n) is 4.66. The van der Waals surface area contributed by atoms with E-state index < -0.39 is 0 Å². The Morgan fingerprint density at radius 3 is 2.72 bits per heavy atom. The molecule has 0 unspecified atom stereocenters. The van der Waals surface area contributed by atoms with Gasteiger partial charge in [-0.15, -0.1) is 0 Å². The Labute approximate surface area is 110 Å². The molecule has 1 aliphatic rings. The Kier molecular flexibility index (Phi) is 4.03. The molecule has 0 saturated heterocycles. The van der Waals surface area contributed by atoms with Crippen LogP contribution in [0.15, 0.2) is 48.2 Å². The van der Waals surface area contributed by atoms with Gasteiger partial charge in [0.05, 0.1) is 0 Å². The molecule has 18 heavy (non-hydrogen) atoms. The molecule has 2 rings (SSSR count). The highest BCUT2D eigenvalue weighted by Crippen LogP contribution is 2.27. The lowest BCUT2D eigenvalue weighted by Gasteiger charge is -2.25. The van der Waals surface area contributed by atoms with E-state index in [1.165, 1.54) is 22.5 Å². The van der Waals surface area contributed by atoms with Crippen molar-refractivity contribution in [2.24, 2.45) is 0 Å². The van der Waals surface area contributed by atoms with E-state index in [4.69, 9.17) is 0 Å². The number of nitrogens with zero attached hydrogens (tertiary/aromatic N) is 1. The van der Waals surface area contributed by atoms with Gasteiger partial charge >= 0.3 is 0 Å². The Bertz CT molecular complexity index is 506. The van der Waals surface area contributed by atoms with Crippen molar-refractivity contribution in [3.05, 3.63) is 59.3 Å². The minimum absolute atomic E-state index is 1.14. The van der Waals surface area contributed by atoms with E-state index in [9.17, 15) is 0 Å². The zero-order valence-electron chi connectivity index (χ0n) is 11.5. The topological polar surface area (TPSA) is 3.24 Å². The summed E-state index contributed by atoms with van der Waals surface area (Å²) in [4.78, 5) is 2.28. The number of likely N-dealkylation sites (N-methyl/N-ethyl adjacent to an activating group) is 1. The van der Waals surface area contributed by atoms with Crippen molar-refractivity contribution >= 4 is 11.8 Å². The monoisotopic (exact) mass is 239 g/mol. The van der Waals surface area contributed by atoms with Crippen molar-refractivity contribution < 1.29 is 0 Å². The minimum Gasteiger partial charge on any atom is -0.345 e. The van der Waals surface area contributed by atoms with Crippen LogP contribution in [-0.4, -0.2) is 7.05 Å². The van der Waals surface area contributed by atoms with E-state index in [0.717, 1.165) is 12.8 Å². The molecule has 0 bridgehead atoms. The fourth-order valence-electron chi connectivity index (χ4n) is 2.35. The summed E-state index contributed by atoms with van der Waals surface area (Å²) in [5.41, 5.74) is 5.20. The number of hydrogen-bond acceptors (Lipinski definition) is 1. The van der Waals surface area contributed by atoms with Gasteiger partial charge in [-0.25, -0.2) is 0 Å². The van der Waals surface area contributed by atoms with Crippen LogP contribution >= 0.6 is 0 Å². The molecule has 1 heteroatoms. The van der Waals surface area contributed by atoms with Gasteiger partial charge in [0.25, 0.3) is 0 Å². The highest BCUT2D eigenvalue weighted by Gasteiger charge is 2.10. The first kappa shape index (κ1) is 12.7. The molecule has 0 N–H and O–H groups in total. The van der Waals surface area contributed by atoms with Gasteiger partial charge in [0.1, 0.15) is 0 Å². The van der Waals surface area contributed by atoms with Gasteiger partial charge in [-0.3, -0.25) is 0 Å². The SMILES string of the molecule is C/C=C\c1cccc(N(C)C2=CCCC=C2)c1C. The summed E-state index contributed by atoms with van der Waals surface area (Å²) in [5.74, 6) is 0. The van der Waals surface area contributed by atoms with Gasteiger partial charge in [0.15, 0.2) is 0 Å². The van der Waals surface area contributed by atoms with Gasteiger partial charge in [0.2, 0.25) is 0 Å². The molecular formula is C17H21N. The van der Waals surface area contributed by atoms with Crippen molar-refractivity contribution in [1.29, 1.82) is 0 Å². The maximum Gasteiger partial charge on any atom is 0.0443 e. The van der Waals surface area contributed by atoms with Crippen molar-refractivity contribution in [2.45, 2.75) is 26.7 Å². The van der Waals surface area contributed by atoms with E-state index >= 15 is 0 Å². The fourth-order valence-corrected chi connectivity index (χ4v) is 2.35. The van der Waals surface area contributed by atoms with Crippen molar-refractivity contribution in [2.75, 3.05) is 11.9 Å². The van der Waals surface area contributed by atoms with E-state index in [0.29, 0.717) is 0 Å². The molecule has 0 heterocycles. The van der Waals surface area contributed by atoms with Crippen molar-refractivity contribution in [3.63, 3.8) is 0 Å². The Hall–Kier alpha value is -1.76. The number of benzene rings is 1. The number of anilines is 1. The van der Waals surface area contributed by atoms with Gasteiger partial charge in [-0.05, 0) is 50.0 Å². The summed E-state index contributed by atoms with van der Waals surface area (Å²) < 4.78 is 0. The summed E-state index contributed by atoms with van der Waals surface area (Å²) in [6.45, 7) is 4.25. The third-order valence-corrected chi connectivity index (χ3v) is 3.42. The van der Waals surface area contributed by atoms with Crippen LogP contribution in [0.4, 0.5) is 5.69 Å². The van der Waals surface area contributed by atoms with Gasteiger partial charge < -0.3 is 4.90 Å². The first-order valence-electron chi connectivity index (χ1n) is 6.56. The zero-order chi connectivity index (χ0) is 13.0. The lowest BCUT2D eigenvalue weighted by molar-refractivity contribution is 0.981. The summed E-state index contributed by atoms with van der Waals surface area (Å²) in [5, 5.41) is 0. The second kappa shape index (κ2) is 5.72. The molecule has 0 atom stereocenters. The minimum atomic E-state index is 1.14. The molecular weight excluding hydrogens is 218 g/mol.